The second-order valence-corrected chi connectivity index (χ2v) is 8.45. The standard InChI is InChI=1S/C25H26N4O4/c1-15(2)32-22-7-6-20(13-21(22)14-26)24-27-23(28-33-24)19-5-4-17-8-10-29(16(3)25(30)31)11-9-18(17)12-19/h4-7,12-13,15-16H,8-11H2,1-3H3,(H,30,31). The van der Waals surface area contributed by atoms with Crippen LogP contribution in [-0.2, 0) is 17.6 Å². The van der Waals surface area contributed by atoms with E-state index in [0.717, 1.165) is 18.4 Å². The summed E-state index contributed by atoms with van der Waals surface area (Å²) in [5.41, 5.74) is 4.27. The van der Waals surface area contributed by atoms with Crippen molar-refractivity contribution in [2.45, 2.75) is 45.8 Å². The maximum Gasteiger partial charge on any atom is 0.320 e. The van der Waals surface area contributed by atoms with Crippen LogP contribution in [0.5, 0.6) is 5.75 Å². The van der Waals surface area contributed by atoms with Gasteiger partial charge in [-0.2, -0.15) is 10.2 Å². The Labute approximate surface area is 192 Å². The largest absolute Gasteiger partial charge is 0.490 e. The van der Waals surface area contributed by atoms with Crippen molar-refractivity contribution in [1.29, 1.82) is 5.26 Å². The number of aliphatic carboxylic acids is 1. The Morgan fingerprint density at radius 3 is 2.55 bits per heavy atom. The van der Waals surface area contributed by atoms with E-state index in [4.69, 9.17) is 9.26 Å². The van der Waals surface area contributed by atoms with Gasteiger partial charge >= 0.3 is 5.97 Å². The van der Waals surface area contributed by atoms with Gasteiger partial charge in [-0.15, -0.1) is 0 Å². The van der Waals surface area contributed by atoms with Crippen molar-refractivity contribution in [3.05, 3.63) is 53.1 Å². The van der Waals surface area contributed by atoms with Crippen molar-refractivity contribution in [3.63, 3.8) is 0 Å². The molecule has 1 aliphatic rings. The van der Waals surface area contributed by atoms with E-state index in [1.807, 2.05) is 24.8 Å². The van der Waals surface area contributed by atoms with Gasteiger partial charge in [-0.05, 0) is 69.0 Å². The summed E-state index contributed by atoms with van der Waals surface area (Å²) in [6, 6.07) is 12.9. The minimum Gasteiger partial charge on any atom is -0.490 e. The summed E-state index contributed by atoms with van der Waals surface area (Å²) in [7, 11) is 0. The number of carbonyl (C=O) groups is 1. The van der Waals surface area contributed by atoms with Gasteiger partial charge in [-0.3, -0.25) is 9.69 Å². The molecule has 0 spiro atoms. The van der Waals surface area contributed by atoms with Crippen LogP contribution >= 0.6 is 0 Å². The molecule has 1 atom stereocenters. The van der Waals surface area contributed by atoms with Crippen LogP contribution in [0.3, 0.4) is 0 Å². The Bertz CT molecular complexity index is 1210. The highest BCUT2D eigenvalue weighted by molar-refractivity contribution is 5.73. The molecule has 8 heteroatoms. The molecule has 0 radical (unpaired) electrons. The van der Waals surface area contributed by atoms with Gasteiger partial charge in [0.05, 0.1) is 11.7 Å². The van der Waals surface area contributed by atoms with Gasteiger partial charge in [0.1, 0.15) is 17.9 Å². The summed E-state index contributed by atoms with van der Waals surface area (Å²) in [5.74, 6) is 0.514. The molecule has 0 saturated carbocycles. The van der Waals surface area contributed by atoms with Crippen molar-refractivity contribution in [1.82, 2.24) is 15.0 Å². The molecule has 0 aliphatic carbocycles. The van der Waals surface area contributed by atoms with Gasteiger partial charge in [0, 0.05) is 24.2 Å². The van der Waals surface area contributed by atoms with E-state index >= 15 is 0 Å². The van der Waals surface area contributed by atoms with Crippen molar-refractivity contribution in [2.24, 2.45) is 0 Å². The molecule has 1 aliphatic heterocycles. The van der Waals surface area contributed by atoms with Gasteiger partial charge in [-0.1, -0.05) is 17.3 Å². The Balaban J connectivity index is 1.56. The molecule has 1 unspecified atom stereocenters. The van der Waals surface area contributed by atoms with Gasteiger partial charge in [0.2, 0.25) is 5.82 Å². The maximum atomic E-state index is 11.4. The van der Waals surface area contributed by atoms with Crippen molar-refractivity contribution < 1.29 is 19.2 Å². The summed E-state index contributed by atoms with van der Waals surface area (Å²) < 4.78 is 11.2. The van der Waals surface area contributed by atoms with E-state index in [2.05, 4.69) is 28.3 Å². The number of hydrogen-bond donors (Lipinski definition) is 1. The molecule has 0 saturated heterocycles. The summed E-state index contributed by atoms with van der Waals surface area (Å²) in [6.45, 7) is 6.94. The number of ether oxygens (including phenoxy) is 1. The molecule has 1 N–H and O–H groups in total. The summed E-state index contributed by atoms with van der Waals surface area (Å²) in [6.07, 6.45) is 1.52. The maximum absolute atomic E-state index is 11.4. The minimum absolute atomic E-state index is 0.0365. The number of benzene rings is 2. The molecule has 1 aromatic heterocycles. The van der Waals surface area contributed by atoms with E-state index in [9.17, 15) is 15.2 Å². The number of fused-ring (bicyclic) bond motifs is 1. The molecule has 2 aromatic carbocycles. The van der Waals surface area contributed by atoms with Gasteiger partial charge in [-0.25, -0.2) is 0 Å². The summed E-state index contributed by atoms with van der Waals surface area (Å²) in [5, 5.41) is 22.9. The minimum atomic E-state index is -0.802. The van der Waals surface area contributed by atoms with Crippen molar-refractivity contribution in [3.8, 4) is 34.7 Å². The second kappa shape index (κ2) is 9.43. The molecule has 33 heavy (non-hydrogen) atoms. The fraction of sp³-hybridized carbons (Fsp3) is 0.360. The lowest BCUT2D eigenvalue weighted by Crippen LogP contribution is -2.40. The molecule has 0 bridgehead atoms. The van der Waals surface area contributed by atoms with Crippen LogP contribution in [0.15, 0.2) is 40.9 Å². The van der Waals surface area contributed by atoms with Gasteiger partial charge < -0.3 is 14.4 Å². The predicted octanol–water partition coefficient (Wildman–Crippen LogP) is 3.94. The number of carboxylic acid groups (broad SMARTS) is 1. The zero-order valence-corrected chi connectivity index (χ0v) is 18.9. The Morgan fingerprint density at radius 2 is 1.85 bits per heavy atom. The monoisotopic (exact) mass is 446 g/mol. The Morgan fingerprint density at radius 1 is 1.12 bits per heavy atom. The quantitative estimate of drug-likeness (QED) is 0.606. The van der Waals surface area contributed by atoms with Crippen LogP contribution in [0.25, 0.3) is 22.8 Å². The number of carboxylic acids is 1. The molecule has 3 aromatic rings. The number of aromatic nitrogens is 2. The highest BCUT2D eigenvalue weighted by atomic mass is 16.5. The van der Waals surface area contributed by atoms with Crippen LogP contribution in [0, 0.1) is 11.3 Å². The van der Waals surface area contributed by atoms with Crippen molar-refractivity contribution in [2.75, 3.05) is 13.1 Å². The number of nitrogens with zero attached hydrogens (tertiary/aromatic N) is 4. The van der Waals surface area contributed by atoms with Gasteiger partial charge in [0.25, 0.3) is 5.89 Å². The van der Waals surface area contributed by atoms with Crippen LogP contribution in [0.4, 0.5) is 0 Å². The van der Waals surface area contributed by atoms with E-state index in [0.29, 0.717) is 41.7 Å². The molecular formula is C25H26N4O4. The number of rotatable bonds is 6. The predicted molar refractivity (Wildman–Crippen MR) is 122 cm³/mol. The Kier molecular flexibility index (Phi) is 6.43. The second-order valence-electron chi connectivity index (χ2n) is 8.45. The van der Waals surface area contributed by atoms with E-state index in [1.54, 1.807) is 25.1 Å². The molecule has 4 rings (SSSR count). The lowest BCUT2D eigenvalue weighted by atomic mass is 10.00. The SMILES string of the molecule is CC(C)Oc1ccc(-c2nc(-c3ccc4c(c3)CCN(C(C)C(=O)O)CC4)no2)cc1C#N. The first-order valence-corrected chi connectivity index (χ1v) is 11.0. The van der Waals surface area contributed by atoms with Crippen LogP contribution in [-0.4, -0.2) is 51.4 Å². The first kappa shape index (κ1) is 22.5. The fourth-order valence-electron chi connectivity index (χ4n) is 3.99. The molecule has 2 heterocycles. The lowest BCUT2D eigenvalue weighted by molar-refractivity contribution is -0.142. The molecule has 8 nitrogen and oxygen atoms in total. The average molecular weight is 447 g/mol. The third-order valence-electron chi connectivity index (χ3n) is 5.84. The van der Waals surface area contributed by atoms with E-state index < -0.39 is 12.0 Å². The number of nitriles is 1. The fourth-order valence-corrected chi connectivity index (χ4v) is 3.99. The topological polar surface area (TPSA) is 112 Å². The third-order valence-corrected chi connectivity index (χ3v) is 5.84. The lowest BCUT2D eigenvalue weighted by Gasteiger charge is -2.23. The summed E-state index contributed by atoms with van der Waals surface area (Å²) >= 11 is 0. The first-order valence-electron chi connectivity index (χ1n) is 11.0. The highest BCUT2D eigenvalue weighted by Crippen LogP contribution is 2.29. The zero-order chi connectivity index (χ0) is 23.5. The first-order chi connectivity index (χ1) is 15.9. The Hall–Kier alpha value is -3.70. The third kappa shape index (κ3) is 4.89. The van der Waals surface area contributed by atoms with Crippen molar-refractivity contribution >= 4 is 5.97 Å². The molecule has 0 amide bonds. The van der Waals surface area contributed by atoms with E-state index in [-0.39, 0.29) is 6.10 Å². The normalized spacial score (nSPS) is 14.9. The molecular weight excluding hydrogens is 420 g/mol. The summed E-state index contributed by atoms with van der Waals surface area (Å²) in [4.78, 5) is 17.9. The van der Waals surface area contributed by atoms with Crippen LogP contribution < -0.4 is 4.74 Å². The zero-order valence-electron chi connectivity index (χ0n) is 18.9. The van der Waals surface area contributed by atoms with Crippen LogP contribution in [0.1, 0.15) is 37.5 Å². The van der Waals surface area contributed by atoms with Crippen LogP contribution in [0.2, 0.25) is 0 Å². The average Bonchev–Trinajstić information content (AvgIpc) is 3.19. The number of hydrogen-bond acceptors (Lipinski definition) is 7. The highest BCUT2D eigenvalue weighted by Gasteiger charge is 2.23. The van der Waals surface area contributed by atoms with Gasteiger partial charge in [0.15, 0.2) is 0 Å². The van der Waals surface area contributed by atoms with E-state index in [1.165, 1.54) is 11.1 Å². The molecule has 0 fully saturated rings. The molecule has 170 valence electrons. The smallest absolute Gasteiger partial charge is 0.320 e.